The summed E-state index contributed by atoms with van der Waals surface area (Å²) in [5.41, 5.74) is 7.22. The number of primary amides is 1. The van der Waals surface area contributed by atoms with Crippen molar-refractivity contribution in [2.45, 2.75) is 0 Å². The molecule has 0 spiro atoms. The van der Waals surface area contributed by atoms with Crippen LogP contribution in [0.5, 0.6) is 0 Å². The van der Waals surface area contributed by atoms with Crippen molar-refractivity contribution < 1.29 is 19.1 Å². The van der Waals surface area contributed by atoms with Crippen molar-refractivity contribution in [3.8, 4) is 0 Å². The van der Waals surface area contributed by atoms with Crippen molar-refractivity contribution >= 4 is 29.1 Å². The number of para-hydroxylation sites is 1. The third kappa shape index (κ3) is 4.86. The average molecular weight is 382 g/mol. The predicted octanol–water partition coefficient (Wildman–Crippen LogP) is 1.31. The largest absolute Gasteiger partial charge is 0.378 e. The molecule has 0 unspecified atom stereocenters. The summed E-state index contributed by atoms with van der Waals surface area (Å²) < 4.78 is 5.25. The fraction of sp³-hybridized carbons (Fsp3) is 0.250. The second kappa shape index (κ2) is 9.01. The number of hydrogen-bond acceptors (Lipinski definition) is 5. The molecular formula is C20H22N4O4. The van der Waals surface area contributed by atoms with Crippen LogP contribution in [0.2, 0.25) is 0 Å². The molecule has 0 aromatic heterocycles. The summed E-state index contributed by atoms with van der Waals surface area (Å²) in [5, 5.41) is 5.65. The lowest BCUT2D eigenvalue weighted by Gasteiger charge is -2.26. The molecule has 8 nitrogen and oxygen atoms in total. The van der Waals surface area contributed by atoms with E-state index in [4.69, 9.17) is 10.5 Å². The third-order valence-corrected chi connectivity index (χ3v) is 4.35. The van der Waals surface area contributed by atoms with E-state index >= 15 is 0 Å². The first-order chi connectivity index (χ1) is 13.5. The highest BCUT2D eigenvalue weighted by Crippen LogP contribution is 2.15. The maximum atomic E-state index is 12.4. The molecule has 2 aromatic rings. The third-order valence-electron chi connectivity index (χ3n) is 4.35. The van der Waals surface area contributed by atoms with Crippen LogP contribution in [0.3, 0.4) is 0 Å². The van der Waals surface area contributed by atoms with Gasteiger partial charge in [-0.1, -0.05) is 12.1 Å². The van der Waals surface area contributed by atoms with Gasteiger partial charge < -0.3 is 26.0 Å². The summed E-state index contributed by atoms with van der Waals surface area (Å²) in [4.78, 5) is 37.7. The van der Waals surface area contributed by atoms with E-state index in [0.717, 1.165) is 0 Å². The van der Waals surface area contributed by atoms with Gasteiger partial charge in [-0.05, 0) is 36.4 Å². The van der Waals surface area contributed by atoms with Gasteiger partial charge in [0.25, 0.3) is 11.8 Å². The number of rotatable bonds is 6. The van der Waals surface area contributed by atoms with Gasteiger partial charge in [-0.2, -0.15) is 0 Å². The van der Waals surface area contributed by atoms with E-state index in [2.05, 4.69) is 10.6 Å². The molecule has 0 radical (unpaired) electrons. The number of anilines is 2. The van der Waals surface area contributed by atoms with Crippen LogP contribution in [-0.2, 0) is 9.53 Å². The Morgan fingerprint density at radius 3 is 2.36 bits per heavy atom. The summed E-state index contributed by atoms with van der Waals surface area (Å²) in [6.45, 7) is 2.29. The monoisotopic (exact) mass is 382 g/mol. The molecule has 3 amide bonds. The predicted molar refractivity (Wildman–Crippen MR) is 105 cm³/mol. The van der Waals surface area contributed by atoms with Gasteiger partial charge in [0.2, 0.25) is 5.91 Å². The first kappa shape index (κ1) is 19.4. The second-order valence-corrected chi connectivity index (χ2v) is 6.29. The minimum Gasteiger partial charge on any atom is -0.378 e. The van der Waals surface area contributed by atoms with Crippen molar-refractivity contribution in [3.05, 3.63) is 59.7 Å². The van der Waals surface area contributed by atoms with Crippen LogP contribution in [0, 0.1) is 0 Å². The first-order valence-corrected chi connectivity index (χ1v) is 8.94. The van der Waals surface area contributed by atoms with E-state index in [1.54, 1.807) is 53.4 Å². The van der Waals surface area contributed by atoms with Crippen LogP contribution < -0.4 is 16.4 Å². The molecule has 1 fully saturated rings. The summed E-state index contributed by atoms with van der Waals surface area (Å²) in [7, 11) is 0. The van der Waals surface area contributed by atoms with Gasteiger partial charge in [-0.3, -0.25) is 14.4 Å². The van der Waals surface area contributed by atoms with Crippen LogP contribution in [-0.4, -0.2) is 55.5 Å². The normalized spacial score (nSPS) is 13.6. The Bertz CT molecular complexity index is 861. The minimum atomic E-state index is -0.607. The highest BCUT2D eigenvalue weighted by Gasteiger charge is 2.18. The fourth-order valence-electron chi connectivity index (χ4n) is 2.86. The zero-order valence-corrected chi connectivity index (χ0v) is 15.3. The highest BCUT2D eigenvalue weighted by molar-refractivity contribution is 6.03. The summed E-state index contributed by atoms with van der Waals surface area (Å²) in [6.07, 6.45) is 0. The molecule has 0 atom stereocenters. The zero-order valence-electron chi connectivity index (χ0n) is 15.3. The number of carbonyl (C=O) groups excluding carboxylic acids is 3. The Morgan fingerprint density at radius 2 is 1.68 bits per heavy atom. The molecule has 1 heterocycles. The Balaban J connectivity index is 1.54. The molecule has 1 aliphatic rings. The number of morpholine rings is 1. The molecule has 28 heavy (non-hydrogen) atoms. The number of benzene rings is 2. The van der Waals surface area contributed by atoms with E-state index < -0.39 is 5.91 Å². The Labute approximate surface area is 162 Å². The lowest BCUT2D eigenvalue weighted by Crippen LogP contribution is -2.40. The number of amides is 3. The van der Waals surface area contributed by atoms with E-state index in [9.17, 15) is 14.4 Å². The highest BCUT2D eigenvalue weighted by atomic mass is 16.5. The molecule has 2 aromatic carbocycles. The van der Waals surface area contributed by atoms with E-state index in [-0.39, 0.29) is 23.9 Å². The number of carbonyl (C=O) groups is 3. The van der Waals surface area contributed by atoms with Gasteiger partial charge in [-0.25, -0.2) is 0 Å². The van der Waals surface area contributed by atoms with Crippen molar-refractivity contribution in [3.63, 3.8) is 0 Å². The SMILES string of the molecule is NC(=O)c1ccccc1NC(=O)CNc1ccc(C(=O)N2CCOCC2)cc1. The van der Waals surface area contributed by atoms with Gasteiger partial charge in [0, 0.05) is 24.3 Å². The van der Waals surface area contributed by atoms with Crippen LogP contribution >= 0.6 is 0 Å². The van der Waals surface area contributed by atoms with Crippen molar-refractivity contribution in [2.24, 2.45) is 5.73 Å². The summed E-state index contributed by atoms with van der Waals surface area (Å²) >= 11 is 0. The molecular weight excluding hydrogens is 360 g/mol. The Hall–Kier alpha value is -3.39. The molecule has 146 valence electrons. The molecule has 1 saturated heterocycles. The smallest absolute Gasteiger partial charge is 0.254 e. The zero-order chi connectivity index (χ0) is 19.9. The van der Waals surface area contributed by atoms with Gasteiger partial charge in [0.05, 0.1) is 31.0 Å². The van der Waals surface area contributed by atoms with Gasteiger partial charge >= 0.3 is 0 Å². The second-order valence-electron chi connectivity index (χ2n) is 6.29. The molecule has 4 N–H and O–H groups in total. The molecule has 8 heteroatoms. The number of hydrogen-bond donors (Lipinski definition) is 3. The van der Waals surface area contributed by atoms with Gasteiger partial charge in [0.15, 0.2) is 0 Å². The van der Waals surface area contributed by atoms with Crippen molar-refractivity contribution in [1.82, 2.24) is 4.90 Å². The van der Waals surface area contributed by atoms with E-state index in [0.29, 0.717) is 43.2 Å². The van der Waals surface area contributed by atoms with Crippen molar-refractivity contribution in [1.29, 1.82) is 0 Å². The molecule has 1 aliphatic heterocycles. The van der Waals surface area contributed by atoms with Gasteiger partial charge in [-0.15, -0.1) is 0 Å². The summed E-state index contributed by atoms with van der Waals surface area (Å²) in [5.74, 6) is -0.956. The maximum absolute atomic E-state index is 12.4. The molecule has 0 aliphatic carbocycles. The Kier molecular flexibility index (Phi) is 6.23. The maximum Gasteiger partial charge on any atom is 0.254 e. The van der Waals surface area contributed by atoms with Gasteiger partial charge in [0.1, 0.15) is 0 Å². The molecule has 3 rings (SSSR count). The lowest BCUT2D eigenvalue weighted by molar-refractivity contribution is -0.114. The minimum absolute atomic E-state index is 0.00382. The average Bonchev–Trinajstić information content (AvgIpc) is 2.73. The quantitative estimate of drug-likeness (QED) is 0.697. The van der Waals surface area contributed by atoms with Crippen LogP contribution in [0.1, 0.15) is 20.7 Å². The number of ether oxygens (including phenoxy) is 1. The molecule has 0 bridgehead atoms. The van der Waals surface area contributed by atoms with E-state index in [1.807, 2.05) is 0 Å². The Morgan fingerprint density at radius 1 is 1.00 bits per heavy atom. The summed E-state index contributed by atoms with van der Waals surface area (Å²) in [6, 6.07) is 13.5. The topological polar surface area (TPSA) is 114 Å². The first-order valence-electron chi connectivity index (χ1n) is 8.94. The number of nitrogens with one attached hydrogen (secondary N) is 2. The number of nitrogens with two attached hydrogens (primary N) is 1. The van der Waals surface area contributed by atoms with E-state index in [1.165, 1.54) is 0 Å². The van der Waals surface area contributed by atoms with Crippen LogP contribution in [0.15, 0.2) is 48.5 Å². The number of nitrogens with zero attached hydrogens (tertiary/aromatic N) is 1. The van der Waals surface area contributed by atoms with Crippen molar-refractivity contribution in [2.75, 3.05) is 43.5 Å². The van der Waals surface area contributed by atoms with Crippen LogP contribution in [0.25, 0.3) is 0 Å². The van der Waals surface area contributed by atoms with Crippen LogP contribution in [0.4, 0.5) is 11.4 Å². The lowest BCUT2D eigenvalue weighted by atomic mass is 10.1. The fourth-order valence-corrected chi connectivity index (χ4v) is 2.86. The standard InChI is InChI=1S/C20H22N4O4/c21-19(26)16-3-1-2-4-17(16)23-18(25)13-22-15-7-5-14(6-8-15)20(27)24-9-11-28-12-10-24/h1-8,22H,9-13H2,(H2,21,26)(H,23,25). The molecule has 0 saturated carbocycles.